The highest BCUT2D eigenvalue weighted by Crippen LogP contribution is 2.22. The Kier molecular flexibility index (Phi) is 6.29. The van der Waals surface area contributed by atoms with Crippen molar-refractivity contribution in [3.8, 4) is 5.75 Å². The molecule has 0 saturated carbocycles. The number of hydrogen-bond donors (Lipinski definition) is 1. The van der Waals surface area contributed by atoms with Gasteiger partial charge in [0.15, 0.2) is 0 Å². The van der Waals surface area contributed by atoms with Crippen molar-refractivity contribution in [3.05, 3.63) is 89.2 Å². The molecular formula is C22H22N2O4S. The summed E-state index contributed by atoms with van der Waals surface area (Å²) in [5.74, 6) is -0.0965. The van der Waals surface area contributed by atoms with Gasteiger partial charge in [-0.05, 0) is 67.4 Å². The minimum Gasteiger partial charge on any atom is -0.379 e. The first-order chi connectivity index (χ1) is 13.8. The average Bonchev–Trinajstić information content (AvgIpc) is 2.70. The predicted molar refractivity (Wildman–Crippen MR) is 110 cm³/mol. The van der Waals surface area contributed by atoms with Crippen molar-refractivity contribution in [3.63, 3.8) is 0 Å². The molecule has 150 valence electrons. The summed E-state index contributed by atoms with van der Waals surface area (Å²) in [4.78, 5) is 16.6. The number of nitrogens with zero attached hydrogens (tertiary/aromatic N) is 1. The van der Waals surface area contributed by atoms with Crippen LogP contribution in [0.5, 0.6) is 5.75 Å². The van der Waals surface area contributed by atoms with Gasteiger partial charge in [0.25, 0.3) is 5.91 Å². The summed E-state index contributed by atoms with van der Waals surface area (Å²) < 4.78 is 30.4. The summed E-state index contributed by atoms with van der Waals surface area (Å²) in [5.41, 5.74) is 2.76. The van der Waals surface area contributed by atoms with E-state index < -0.39 is 10.1 Å². The van der Waals surface area contributed by atoms with Gasteiger partial charge >= 0.3 is 10.1 Å². The fourth-order valence-electron chi connectivity index (χ4n) is 2.76. The molecule has 29 heavy (non-hydrogen) atoms. The molecular weight excluding hydrogens is 388 g/mol. The number of carbonyl (C=O) groups is 1. The number of aryl methyl sites for hydroxylation is 2. The second-order valence-corrected chi connectivity index (χ2v) is 8.17. The van der Waals surface area contributed by atoms with E-state index in [2.05, 4.69) is 10.3 Å². The van der Waals surface area contributed by atoms with Gasteiger partial charge in [-0.2, -0.15) is 8.42 Å². The second kappa shape index (κ2) is 8.87. The van der Waals surface area contributed by atoms with Crippen molar-refractivity contribution in [1.29, 1.82) is 0 Å². The van der Waals surface area contributed by atoms with Crippen molar-refractivity contribution < 1.29 is 17.4 Å². The summed E-state index contributed by atoms with van der Waals surface area (Å²) >= 11 is 0. The highest BCUT2D eigenvalue weighted by molar-refractivity contribution is 7.87. The molecule has 2 aromatic carbocycles. The number of hydrogen-bond acceptors (Lipinski definition) is 5. The molecule has 0 aliphatic carbocycles. The number of pyridine rings is 1. The summed E-state index contributed by atoms with van der Waals surface area (Å²) in [6.07, 6.45) is 2.34. The minimum atomic E-state index is -3.95. The molecule has 1 aromatic heterocycles. The summed E-state index contributed by atoms with van der Waals surface area (Å²) in [6.45, 7) is 3.99. The largest absolute Gasteiger partial charge is 0.379 e. The number of amides is 1. The molecule has 1 heterocycles. The third-order valence-corrected chi connectivity index (χ3v) is 5.72. The highest BCUT2D eigenvalue weighted by atomic mass is 32.2. The number of aromatic nitrogens is 1. The topological polar surface area (TPSA) is 85.4 Å². The van der Waals surface area contributed by atoms with Gasteiger partial charge in [-0.1, -0.05) is 18.2 Å². The Balaban J connectivity index is 1.62. The van der Waals surface area contributed by atoms with Crippen molar-refractivity contribution >= 4 is 16.0 Å². The van der Waals surface area contributed by atoms with Gasteiger partial charge in [-0.3, -0.25) is 9.78 Å². The lowest BCUT2D eigenvalue weighted by Gasteiger charge is -2.11. The van der Waals surface area contributed by atoms with E-state index in [1.54, 1.807) is 25.3 Å². The molecule has 3 rings (SSSR count). The van der Waals surface area contributed by atoms with E-state index in [0.29, 0.717) is 24.1 Å². The molecule has 0 aliphatic rings. The van der Waals surface area contributed by atoms with E-state index in [1.165, 1.54) is 24.3 Å². The number of carbonyl (C=O) groups excluding carboxylic acids is 1. The van der Waals surface area contributed by atoms with E-state index in [1.807, 2.05) is 31.2 Å². The van der Waals surface area contributed by atoms with Crippen molar-refractivity contribution in [2.75, 3.05) is 6.54 Å². The molecule has 0 atom stereocenters. The molecule has 3 aromatic rings. The molecule has 7 heteroatoms. The lowest BCUT2D eigenvalue weighted by atomic mass is 10.2. The fourth-order valence-corrected chi connectivity index (χ4v) is 4.01. The summed E-state index contributed by atoms with van der Waals surface area (Å²) in [7, 11) is -3.95. The van der Waals surface area contributed by atoms with Crippen LogP contribution >= 0.6 is 0 Å². The lowest BCUT2D eigenvalue weighted by Crippen LogP contribution is -2.25. The maximum Gasteiger partial charge on any atom is 0.339 e. The van der Waals surface area contributed by atoms with Gasteiger partial charge in [0, 0.05) is 30.4 Å². The highest BCUT2D eigenvalue weighted by Gasteiger charge is 2.19. The standard InChI is InChI=1S/C22H22N2O4S/c1-16-6-7-17(2)21(15-16)29(26,27)28-20-10-8-18(9-11-20)22(25)24-14-12-19-5-3-4-13-23-19/h3-11,13,15H,12,14H2,1-2H3,(H,24,25). The SMILES string of the molecule is Cc1ccc(C)c(S(=O)(=O)Oc2ccc(C(=O)NCCc3ccccn3)cc2)c1. The van der Waals surface area contributed by atoms with E-state index in [9.17, 15) is 13.2 Å². The zero-order valence-corrected chi connectivity index (χ0v) is 17.1. The van der Waals surface area contributed by atoms with Gasteiger partial charge in [-0.25, -0.2) is 0 Å². The monoisotopic (exact) mass is 410 g/mol. The van der Waals surface area contributed by atoms with Crippen LogP contribution in [0.3, 0.4) is 0 Å². The Hall–Kier alpha value is -3.19. The average molecular weight is 410 g/mol. The van der Waals surface area contributed by atoms with Crippen LogP contribution < -0.4 is 9.50 Å². The van der Waals surface area contributed by atoms with Gasteiger partial charge in [0.1, 0.15) is 10.6 Å². The van der Waals surface area contributed by atoms with E-state index >= 15 is 0 Å². The summed E-state index contributed by atoms with van der Waals surface area (Å²) in [5, 5.41) is 2.82. The summed E-state index contributed by atoms with van der Waals surface area (Å²) in [6, 6.07) is 16.8. The zero-order valence-electron chi connectivity index (χ0n) is 16.3. The van der Waals surface area contributed by atoms with Crippen LogP contribution in [0.1, 0.15) is 27.2 Å². The normalized spacial score (nSPS) is 11.1. The fraction of sp³-hybridized carbons (Fsp3) is 0.182. The van der Waals surface area contributed by atoms with Gasteiger partial charge in [0.2, 0.25) is 0 Å². The van der Waals surface area contributed by atoms with E-state index in [-0.39, 0.29) is 16.6 Å². The Morgan fingerprint density at radius 1 is 1.03 bits per heavy atom. The van der Waals surface area contributed by atoms with Crippen molar-refractivity contribution in [2.24, 2.45) is 0 Å². The Morgan fingerprint density at radius 2 is 1.79 bits per heavy atom. The van der Waals surface area contributed by atoms with Crippen molar-refractivity contribution in [1.82, 2.24) is 10.3 Å². The van der Waals surface area contributed by atoms with Gasteiger partial charge < -0.3 is 9.50 Å². The van der Waals surface area contributed by atoms with Crippen LogP contribution in [-0.4, -0.2) is 25.9 Å². The maximum absolute atomic E-state index is 12.6. The first kappa shape index (κ1) is 20.5. The number of benzene rings is 2. The minimum absolute atomic E-state index is 0.133. The molecule has 0 aliphatic heterocycles. The quantitative estimate of drug-likeness (QED) is 0.603. The van der Waals surface area contributed by atoms with Crippen molar-refractivity contribution in [2.45, 2.75) is 25.2 Å². The van der Waals surface area contributed by atoms with Gasteiger partial charge in [0.05, 0.1) is 0 Å². The van der Waals surface area contributed by atoms with Crippen LogP contribution in [-0.2, 0) is 16.5 Å². The molecule has 0 bridgehead atoms. The van der Waals surface area contributed by atoms with Crippen LogP contribution in [0.15, 0.2) is 71.8 Å². The van der Waals surface area contributed by atoms with Crippen LogP contribution in [0.4, 0.5) is 0 Å². The number of nitrogens with one attached hydrogen (secondary N) is 1. The van der Waals surface area contributed by atoms with E-state index in [4.69, 9.17) is 4.18 Å². The molecule has 0 fully saturated rings. The molecule has 0 saturated heterocycles. The third-order valence-electron chi connectivity index (χ3n) is 4.33. The van der Waals surface area contributed by atoms with Crippen LogP contribution in [0, 0.1) is 13.8 Å². The molecule has 0 spiro atoms. The predicted octanol–water partition coefficient (Wildman–Crippen LogP) is 3.44. The first-order valence-corrected chi connectivity index (χ1v) is 10.6. The lowest BCUT2D eigenvalue weighted by molar-refractivity contribution is 0.0954. The first-order valence-electron chi connectivity index (χ1n) is 9.15. The maximum atomic E-state index is 12.6. The molecule has 6 nitrogen and oxygen atoms in total. The molecule has 1 amide bonds. The second-order valence-electron chi connectivity index (χ2n) is 6.66. The molecule has 0 radical (unpaired) electrons. The Labute approximate surface area is 170 Å². The molecule has 1 N–H and O–H groups in total. The smallest absolute Gasteiger partial charge is 0.339 e. The zero-order chi connectivity index (χ0) is 20.9. The van der Waals surface area contributed by atoms with Gasteiger partial charge in [-0.15, -0.1) is 0 Å². The van der Waals surface area contributed by atoms with Crippen LogP contribution in [0.2, 0.25) is 0 Å². The van der Waals surface area contributed by atoms with Crippen LogP contribution in [0.25, 0.3) is 0 Å². The Bertz CT molecular complexity index is 1100. The van der Waals surface area contributed by atoms with E-state index in [0.717, 1.165) is 11.3 Å². The molecule has 0 unspecified atom stereocenters. The third kappa shape index (κ3) is 5.42. The number of rotatable bonds is 7. The Morgan fingerprint density at radius 3 is 2.48 bits per heavy atom.